The zero-order valence-corrected chi connectivity index (χ0v) is 13.2. The average Bonchev–Trinajstić information content (AvgIpc) is 2.78. The fraction of sp³-hybridized carbons (Fsp3) is 0.500. The molecule has 0 saturated heterocycles. The number of carbonyl (C=O) groups is 1. The molecular weight excluding hydrogens is 330 g/mol. The summed E-state index contributed by atoms with van der Waals surface area (Å²) in [6.07, 6.45) is 3.60. The van der Waals surface area contributed by atoms with E-state index in [0.29, 0.717) is 17.1 Å². The highest BCUT2D eigenvalue weighted by molar-refractivity contribution is 9.10. The summed E-state index contributed by atoms with van der Waals surface area (Å²) in [5.41, 5.74) is -0.180. The summed E-state index contributed by atoms with van der Waals surface area (Å²) in [7, 11) is 1.72. The number of carbonyl (C=O) groups excluding carboxylic acids is 1. The molecule has 1 saturated carbocycles. The molecule has 1 aliphatic carbocycles. The van der Waals surface area contributed by atoms with Gasteiger partial charge in [-0.1, -0.05) is 24.4 Å². The molecule has 1 N–H and O–H groups in total. The number of nitrogens with zero attached hydrogens (tertiary/aromatic N) is 1. The number of rotatable bonds is 3. The van der Waals surface area contributed by atoms with Crippen molar-refractivity contribution in [2.75, 3.05) is 13.6 Å². The maximum absolute atomic E-state index is 12.3. The Balaban J connectivity index is 2.08. The fourth-order valence-electron chi connectivity index (χ4n) is 2.55. The van der Waals surface area contributed by atoms with Crippen LogP contribution < -0.4 is 0 Å². The van der Waals surface area contributed by atoms with Crippen molar-refractivity contribution < 1.29 is 9.90 Å². The van der Waals surface area contributed by atoms with Crippen LogP contribution in [0.1, 0.15) is 36.0 Å². The first kappa shape index (κ1) is 14.8. The van der Waals surface area contributed by atoms with Gasteiger partial charge in [-0.05, 0) is 47.0 Å². The third kappa shape index (κ3) is 3.50. The topological polar surface area (TPSA) is 40.5 Å². The first-order valence-corrected chi connectivity index (χ1v) is 7.51. The Morgan fingerprint density at radius 1 is 1.47 bits per heavy atom. The van der Waals surface area contributed by atoms with Crippen molar-refractivity contribution in [1.29, 1.82) is 0 Å². The minimum Gasteiger partial charge on any atom is -0.388 e. The number of benzene rings is 1. The van der Waals surface area contributed by atoms with Crippen LogP contribution >= 0.6 is 27.5 Å². The van der Waals surface area contributed by atoms with E-state index in [-0.39, 0.29) is 5.91 Å². The molecule has 2 rings (SSSR count). The first-order chi connectivity index (χ1) is 8.91. The van der Waals surface area contributed by atoms with Gasteiger partial charge in [0, 0.05) is 23.6 Å². The van der Waals surface area contributed by atoms with Crippen LogP contribution in [0.3, 0.4) is 0 Å². The van der Waals surface area contributed by atoms with Gasteiger partial charge >= 0.3 is 0 Å². The van der Waals surface area contributed by atoms with Crippen molar-refractivity contribution in [2.45, 2.75) is 31.3 Å². The summed E-state index contributed by atoms with van der Waals surface area (Å²) in [6.45, 7) is 0.375. The summed E-state index contributed by atoms with van der Waals surface area (Å²) in [4.78, 5) is 13.9. The van der Waals surface area contributed by atoms with Gasteiger partial charge in [-0.3, -0.25) is 4.79 Å². The average molecular weight is 347 g/mol. The summed E-state index contributed by atoms with van der Waals surface area (Å²) in [5.74, 6) is -0.116. The Labute approximate surface area is 126 Å². The van der Waals surface area contributed by atoms with Gasteiger partial charge in [-0.25, -0.2) is 0 Å². The van der Waals surface area contributed by atoms with Crippen LogP contribution in [0.4, 0.5) is 0 Å². The second-order valence-corrected chi connectivity index (χ2v) is 6.48. The maximum Gasteiger partial charge on any atom is 0.253 e. The summed E-state index contributed by atoms with van der Waals surface area (Å²) < 4.78 is 0.766. The monoisotopic (exact) mass is 345 g/mol. The molecule has 0 heterocycles. The molecule has 0 radical (unpaired) electrons. The van der Waals surface area contributed by atoms with Gasteiger partial charge in [0.05, 0.1) is 10.6 Å². The Morgan fingerprint density at radius 3 is 2.68 bits per heavy atom. The zero-order valence-electron chi connectivity index (χ0n) is 10.8. The molecule has 0 atom stereocenters. The highest BCUT2D eigenvalue weighted by atomic mass is 79.9. The Bertz CT molecular complexity index is 486. The first-order valence-electron chi connectivity index (χ1n) is 6.34. The second-order valence-electron chi connectivity index (χ2n) is 5.22. The summed E-state index contributed by atoms with van der Waals surface area (Å²) in [6, 6.07) is 5.13. The molecule has 1 aromatic rings. The van der Waals surface area contributed by atoms with Crippen LogP contribution in [0.25, 0.3) is 0 Å². The number of hydrogen-bond donors (Lipinski definition) is 1. The molecule has 19 heavy (non-hydrogen) atoms. The molecule has 0 aliphatic heterocycles. The molecule has 0 bridgehead atoms. The third-order valence-electron chi connectivity index (χ3n) is 3.58. The normalized spacial score (nSPS) is 17.5. The fourth-order valence-corrected chi connectivity index (χ4v) is 2.98. The summed E-state index contributed by atoms with van der Waals surface area (Å²) in [5, 5.41) is 10.8. The molecule has 0 spiro atoms. The minimum atomic E-state index is -0.719. The number of aliphatic hydroxyl groups is 1. The van der Waals surface area contributed by atoms with E-state index in [1.54, 1.807) is 30.1 Å². The number of likely N-dealkylation sites (N-methyl/N-ethyl adjacent to an activating group) is 1. The standard InChI is InChI=1S/C14H17BrClNO2/c1-17(9-14(19)6-2-3-7-14)13(18)10-4-5-11(15)12(16)8-10/h4-5,8,19H,2-3,6-7,9H2,1H3. The van der Waals surface area contributed by atoms with Crippen LogP contribution in [0.15, 0.2) is 22.7 Å². The van der Waals surface area contributed by atoms with E-state index in [1.165, 1.54) is 0 Å². The Kier molecular flexibility index (Phi) is 4.54. The molecular formula is C14H17BrClNO2. The van der Waals surface area contributed by atoms with Crippen LogP contribution in [0.2, 0.25) is 5.02 Å². The van der Waals surface area contributed by atoms with E-state index >= 15 is 0 Å². The van der Waals surface area contributed by atoms with Crippen LogP contribution in [0, 0.1) is 0 Å². The third-order valence-corrected chi connectivity index (χ3v) is 4.81. The van der Waals surface area contributed by atoms with Crippen LogP contribution in [-0.2, 0) is 0 Å². The van der Waals surface area contributed by atoms with Gasteiger partial charge in [0.2, 0.25) is 0 Å². The molecule has 0 unspecified atom stereocenters. The largest absolute Gasteiger partial charge is 0.388 e. The Hall–Kier alpha value is -0.580. The van der Waals surface area contributed by atoms with Gasteiger partial charge in [-0.15, -0.1) is 0 Å². The molecule has 0 aromatic heterocycles. The van der Waals surface area contributed by atoms with Crippen molar-refractivity contribution in [3.05, 3.63) is 33.3 Å². The molecule has 1 amide bonds. The van der Waals surface area contributed by atoms with E-state index in [2.05, 4.69) is 15.9 Å². The molecule has 1 aliphatic rings. The van der Waals surface area contributed by atoms with E-state index < -0.39 is 5.60 Å². The van der Waals surface area contributed by atoms with Crippen molar-refractivity contribution in [3.63, 3.8) is 0 Å². The summed E-state index contributed by atoms with van der Waals surface area (Å²) >= 11 is 9.29. The highest BCUT2D eigenvalue weighted by Gasteiger charge is 2.33. The van der Waals surface area contributed by atoms with Crippen LogP contribution in [-0.4, -0.2) is 35.1 Å². The predicted octanol–water partition coefficient (Wildman–Crippen LogP) is 3.48. The second kappa shape index (κ2) is 5.81. The number of halogens is 2. The molecule has 104 valence electrons. The van der Waals surface area contributed by atoms with Gasteiger partial charge in [0.25, 0.3) is 5.91 Å². The van der Waals surface area contributed by atoms with Crippen molar-refractivity contribution in [2.24, 2.45) is 0 Å². The van der Waals surface area contributed by atoms with Gasteiger partial charge in [0.1, 0.15) is 0 Å². The maximum atomic E-state index is 12.3. The molecule has 5 heteroatoms. The smallest absolute Gasteiger partial charge is 0.253 e. The van der Waals surface area contributed by atoms with Gasteiger partial charge in [0.15, 0.2) is 0 Å². The zero-order chi connectivity index (χ0) is 14.0. The molecule has 1 fully saturated rings. The minimum absolute atomic E-state index is 0.116. The Morgan fingerprint density at radius 2 is 2.11 bits per heavy atom. The van der Waals surface area contributed by atoms with E-state index in [4.69, 9.17) is 11.6 Å². The molecule has 1 aromatic carbocycles. The van der Waals surface area contributed by atoms with Gasteiger partial charge < -0.3 is 10.0 Å². The van der Waals surface area contributed by atoms with Crippen molar-refractivity contribution in [3.8, 4) is 0 Å². The van der Waals surface area contributed by atoms with Crippen LogP contribution in [0.5, 0.6) is 0 Å². The highest BCUT2D eigenvalue weighted by Crippen LogP contribution is 2.30. The lowest BCUT2D eigenvalue weighted by molar-refractivity contribution is 0.0157. The van der Waals surface area contributed by atoms with Gasteiger partial charge in [-0.2, -0.15) is 0 Å². The molecule has 3 nitrogen and oxygen atoms in total. The SMILES string of the molecule is CN(CC1(O)CCCC1)C(=O)c1ccc(Br)c(Cl)c1. The van der Waals surface area contributed by atoms with Crippen molar-refractivity contribution >= 4 is 33.4 Å². The lowest BCUT2D eigenvalue weighted by atomic mass is 10.0. The lowest BCUT2D eigenvalue weighted by Crippen LogP contribution is -2.42. The van der Waals surface area contributed by atoms with E-state index in [0.717, 1.165) is 30.2 Å². The van der Waals surface area contributed by atoms with Crippen molar-refractivity contribution in [1.82, 2.24) is 4.90 Å². The lowest BCUT2D eigenvalue weighted by Gasteiger charge is -2.28. The van der Waals surface area contributed by atoms with E-state index in [9.17, 15) is 9.90 Å². The number of hydrogen-bond acceptors (Lipinski definition) is 2. The quantitative estimate of drug-likeness (QED) is 0.910. The van der Waals surface area contributed by atoms with E-state index in [1.807, 2.05) is 0 Å². The predicted molar refractivity (Wildman–Crippen MR) is 79.5 cm³/mol. The number of amides is 1.